The van der Waals surface area contributed by atoms with Crippen LogP contribution in [-0.4, -0.2) is 18.1 Å². The lowest BCUT2D eigenvalue weighted by Crippen LogP contribution is -2.11. The van der Waals surface area contributed by atoms with Crippen LogP contribution in [0.1, 0.15) is 10.4 Å². The average Bonchev–Trinajstić information content (AvgIpc) is 2.50. The predicted octanol–water partition coefficient (Wildman–Crippen LogP) is 2.87. The number of nitrogens with zero attached hydrogens (tertiary/aromatic N) is 2. The van der Waals surface area contributed by atoms with E-state index in [1.807, 2.05) is 0 Å². The number of hydrogen-bond acceptors (Lipinski definition) is 5. The lowest BCUT2D eigenvalue weighted by molar-refractivity contribution is 0.102. The van der Waals surface area contributed by atoms with E-state index in [9.17, 15) is 14.4 Å². The van der Waals surface area contributed by atoms with Gasteiger partial charge >= 0.3 is 0 Å². The van der Waals surface area contributed by atoms with Crippen LogP contribution in [-0.2, 0) is 9.59 Å². The van der Waals surface area contributed by atoms with Crippen LogP contribution < -0.4 is 5.32 Å². The van der Waals surface area contributed by atoms with Gasteiger partial charge in [0.25, 0.3) is 5.91 Å². The van der Waals surface area contributed by atoms with Gasteiger partial charge in [0.2, 0.25) is 12.2 Å². The third kappa shape index (κ3) is 3.81. The quantitative estimate of drug-likeness (QED) is 0.689. The van der Waals surface area contributed by atoms with Gasteiger partial charge in [-0.3, -0.25) is 4.79 Å². The van der Waals surface area contributed by atoms with Gasteiger partial charge in [0.15, 0.2) is 0 Å². The summed E-state index contributed by atoms with van der Waals surface area (Å²) in [6.45, 7) is 0. The summed E-state index contributed by atoms with van der Waals surface area (Å²) in [5.41, 5.74) is 1.72. The normalized spacial score (nSPS) is 9.14. The largest absolute Gasteiger partial charge is 0.322 e. The average molecular weight is 279 g/mol. The predicted molar refractivity (Wildman–Crippen MR) is 76.4 cm³/mol. The van der Waals surface area contributed by atoms with Crippen LogP contribution in [0.2, 0.25) is 0 Å². The molecule has 0 aliphatic rings. The molecule has 0 spiro atoms. The highest BCUT2D eigenvalue weighted by molar-refractivity contribution is 6.04. The number of carbonyl (C=O) groups excluding carboxylic acids is 3. The van der Waals surface area contributed by atoms with Crippen molar-refractivity contribution in [3.63, 3.8) is 0 Å². The molecule has 0 radical (unpaired) electrons. The van der Waals surface area contributed by atoms with Gasteiger partial charge < -0.3 is 5.32 Å². The Kier molecular flexibility index (Phi) is 4.51. The number of benzene rings is 2. The van der Waals surface area contributed by atoms with Crippen LogP contribution >= 0.6 is 0 Å². The monoisotopic (exact) mass is 279 g/mol. The van der Waals surface area contributed by atoms with Crippen molar-refractivity contribution in [3.05, 3.63) is 54.1 Å². The number of isocyanates is 2. The summed E-state index contributed by atoms with van der Waals surface area (Å²) in [7, 11) is 0. The van der Waals surface area contributed by atoms with E-state index >= 15 is 0 Å². The first kappa shape index (κ1) is 14.1. The molecule has 2 rings (SSSR count). The Morgan fingerprint density at radius 2 is 1.57 bits per heavy atom. The minimum atomic E-state index is -0.343. The van der Waals surface area contributed by atoms with Crippen LogP contribution in [0.15, 0.2) is 58.5 Å². The second kappa shape index (κ2) is 6.73. The zero-order valence-corrected chi connectivity index (χ0v) is 10.7. The van der Waals surface area contributed by atoms with Crippen molar-refractivity contribution in [2.45, 2.75) is 0 Å². The first-order valence-electron chi connectivity index (χ1n) is 5.90. The van der Waals surface area contributed by atoms with Gasteiger partial charge in [-0.15, -0.1) is 0 Å². The zero-order valence-electron chi connectivity index (χ0n) is 10.7. The summed E-state index contributed by atoms with van der Waals surface area (Å²) in [6, 6.07) is 12.7. The van der Waals surface area contributed by atoms with Gasteiger partial charge in [-0.1, -0.05) is 6.07 Å². The summed E-state index contributed by atoms with van der Waals surface area (Å²) in [6.07, 6.45) is 2.85. The molecule has 0 saturated carbocycles. The Hall–Kier alpha value is -3.33. The van der Waals surface area contributed by atoms with Crippen molar-refractivity contribution in [3.8, 4) is 0 Å². The number of hydrogen-bond donors (Lipinski definition) is 1. The fourth-order valence-electron chi connectivity index (χ4n) is 1.64. The summed E-state index contributed by atoms with van der Waals surface area (Å²) in [5, 5.41) is 2.68. The Bertz CT molecular complexity index is 756. The van der Waals surface area contributed by atoms with E-state index in [2.05, 4.69) is 15.3 Å². The van der Waals surface area contributed by atoms with Crippen molar-refractivity contribution < 1.29 is 14.4 Å². The zero-order chi connectivity index (χ0) is 15.1. The Balaban J connectivity index is 2.15. The molecule has 1 amide bonds. The summed E-state index contributed by atoms with van der Waals surface area (Å²) >= 11 is 0. The molecule has 0 aliphatic carbocycles. The molecule has 0 atom stereocenters. The fourth-order valence-corrected chi connectivity index (χ4v) is 1.64. The van der Waals surface area contributed by atoms with Gasteiger partial charge in [-0.25, -0.2) is 9.59 Å². The molecule has 0 unspecified atom stereocenters. The van der Waals surface area contributed by atoms with E-state index in [-0.39, 0.29) is 5.91 Å². The van der Waals surface area contributed by atoms with Crippen molar-refractivity contribution in [1.29, 1.82) is 0 Å². The van der Waals surface area contributed by atoms with E-state index in [4.69, 9.17) is 0 Å². The Morgan fingerprint density at radius 1 is 0.905 bits per heavy atom. The third-order valence-corrected chi connectivity index (χ3v) is 2.58. The molecule has 0 aromatic heterocycles. The number of aliphatic imine (C=N–C) groups is 2. The molecule has 0 fully saturated rings. The van der Waals surface area contributed by atoms with Gasteiger partial charge in [-0.2, -0.15) is 9.98 Å². The smallest absolute Gasteiger partial charge is 0.255 e. The lowest BCUT2D eigenvalue weighted by atomic mass is 10.2. The van der Waals surface area contributed by atoms with E-state index < -0.39 is 0 Å². The highest BCUT2D eigenvalue weighted by Crippen LogP contribution is 2.18. The van der Waals surface area contributed by atoms with E-state index in [0.29, 0.717) is 22.6 Å². The first-order valence-corrected chi connectivity index (χ1v) is 5.90. The van der Waals surface area contributed by atoms with Gasteiger partial charge in [0.05, 0.1) is 11.4 Å². The van der Waals surface area contributed by atoms with Gasteiger partial charge in [0, 0.05) is 11.3 Å². The van der Waals surface area contributed by atoms with E-state index in [1.165, 1.54) is 18.2 Å². The van der Waals surface area contributed by atoms with Crippen LogP contribution in [0, 0.1) is 0 Å². The van der Waals surface area contributed by atoms with Gasteiger partial charge in [-0.05, 0) is 42.5 Å². The minimum absolute atomic E-state index is 0.343. The molecule has 102 valence electrons. The van der Waals surface area contributed by atoms with Crippen molar-refractivity contribution in [2.24, 2.45) is 9.98 Å². The molecule has 0 aliphatic heterocycles. The lowest BCUT2D eigenvalue weighted by Gasteiger charge is -2.05. The fraction of sp³-hybridized carbons (Fsp3) is 0. The summed E-state index contributed by atoms with van der Waals surface area (Å²) in [4.78, 5) is 39.3. The third-order valence-electron chi connectivity index (χ3n) is 2.58. The molecule has 6 heteroatoms. The maximum Gasteiger partial charge on any atom is 0.255 e. The number of rotatable bonds is 4. The number of carbonyl (C=O) groups is 1. The van der Waals surface area contributed by atoms with E-state index in [1.54, 1.807) is 42.5 Å². The first-order chi connectivity index (χ1) is 10.2. The highest BCUT2D eigenvalue weighted by atomic mass is 16.1. The topological polar surface area (TPSA) is 88.0 Å². The van der Waals surface area contributed by atoms with Crippen molar-refractivity contribution in [2.75, 3.05) is 5.32 Å². The number of amides is 1. The minimum Gasteiger partial charge on any atom is -0.322 e. The molecule has 21 heavy (non-hydrogen) atoms. The van der Waals surface area contributed by atoms with Gasteiger partial charge in [0.1, 0.15) is 0 Å². The van der Waals surface area contributed by atoms with Crippen molar-refractivity contribution in [1.82, 2.24) is 0 Å². The Morgan fingerprint density at radius 3 is 2.24 bits per heavy atom. The Labute approximate surface area is 119 Å². The molecule has 2 aromatic carbocycles. The molecular weight excluding hydrogens is 270 g/mol. The van der Waals surface area contributed by atoms with Crippen LogP contribution in [0.5, 0.6) is 0 Å². The molecule has 0 saturated heterocycles. The number of anilines is 1. The second-order valence-corrected chi connectivity index (χ2v) is 3.96. The van der Waals surface area contributed by atoms with E-state index in [0.717, 1.165) is 0 Å². The van der Waals surface area contributed by atoms with Crippen molar-refractivity contribution >= 4 is 35.1 Å². The molecule has 0 bridgehead atoms. The standard InChI is InChI=1S/C15H9N3O3/c19-9-16-12-4-6-13(7-5-12)18-15(21)11-2-1-3-14(8-11)17-10-20/h1-8H,(H,18,21). The molecular formula is C15H9N3O3. The molecule has 0 heterocycles. The SMILES string of the molecule is O=C=Nc1ccc(NC(=O)c2cccc(N=C=O)c2)cc1. The second-order valence-electron chi connectivity index (χ2n) is 3.96. The maximum absolute atomic E-state index is 12.0. The molecule has 1 N–H and O–H groups in total. The summed E-state index contributed by atoms with van der Waals surface area (Å²) < 4.78 is 0. The van der Waals surface area contributed by atoms with Crippen LogP contribution in [0.25, 0.3) is 0 Å². The molecule has 2 aromatic rings. The molecule has 6 nitrogen and oxygen atoms in total. The maximum atomic E-state index is 12.0. The summed E-state index contributed by atoms with van der Waals surface area (Å²) in [5.74, 6) is -0.343. The number of nitrogens with one attached hydrogen (secondary N) is 1. The van der Waals surface area contributed by atoms with Crippen LogP contribution in [0.4, 0.5) is 17.1 Å². The van der Waals surface area contributed by atoms with Crippen LogP contribution in [0.3, 0.4) is 0 Å². The highest BCUT2D eigenvalue weighted by Gasteiger charge is 2.06.